The maximum absolute atomic E-state index is 11.5. The number of hydrogen-bond donors (Lipinski definition) is 0. The van der Waals surface area contributed by atoms with E-state index in [9.17, 15) is 8.42 Å². The van der Waals surface area contributed by atoms with Gasteiger partial charge in [0, 0.05) is 38.2 Å². The van der Waals surface area contributed by atoms with Crippen LogP contribution in [0.1, 0.15) is 18.3 Å². The second kappa shape index (κ2) is 5.83. The summed E-state index contributed by atoms with van der Waals surface area (Å²) in [6.45, 7) is 6.05. The third kappa shape index (κ3) is 3.21. The standard InChI is InChI=1S/C12H19ClN4O2S/c1-4-10-14-11(13)9(2)12(15-10)16-5-7-17(8-6-16)20(3,18)19/h4-8H2,1-3H3. The zero-order valence-corrected chi connectivity index (χ0v) is 13.5. The molecule has 20 heavy (non-hydrogen) atoms. The minimum atomic E-state index is -3.11. The minimum absolute atomic E-state index is 0.470. The molecule has 1 fully saturated rings. The van der Waals surface area contributed by atoms with E-state index >= 15 is 0 Å². The quantitative estimate of drug-likeness (QED) is 0.780. The summed E-state index contributed by atoms with van der Waals surface area (Å²) in [5.41, 5.74) is 0.844. The van der Waals surface area contributed by atoms with Crippen molar-refractivity contribution in [1.82, 2.24) is 14.3 Å². The van der Waals surface area contributed by atoms with Gasteiger partial charge in [0.15, 0.2) is 0 Å². The van der Waals surface area contributed by atoms with Gasteiger partial charge in [-0.25, -0.2) is 18.4 Å². The summed E-state index contributed by atoms with van der Waals surface area (Å²) in [5, 5.41) is 0.470. The third-order valence-electron chi connectivity index (χ3n) is 3.43. The molecule has 1 aromatic rings. The fourth-order valence-electron chi connectivity index (χ4n) is 2.22. The first-order chi connectivity index (χ1) is 9.32. The number of hydrogen-bond acceptors (Lipinski definition) is 5. The van der Waals surface area contributed by atoms with E-state index in [0.29, 0.717) is 37.2 Å². The number of halogens is 1. The number of rotatable bonds is 3. The summed E-state index contributed by atoms with van der Waals surface area (Å²) in [5.74, 6) is 1.52. The molecule has 0 atom stereocenters. The monoisotopic (exact) mass is 318 g/mol. The van der Waals surface area contributed by atoms with Crippen molar-refractivity contribution in [1.29, 1.82) is 0 Å². The molecule has 0 N–H and O–H groups in total. The van der Waals surface area contributed by atoms with Crippen molar-refractivity contribution in [2.24, 2.45) is 0 Å². The molecule has 0 aliphatic carbocycles. The Morgan fingerprint density at radius 2 is 1.80 bits per heavy atom. The molecule has 6 nitrogen and oxygen atoms in total. The van der Waals surface area contributed by atoms with Gasteiger partial charge in [0.1, 0.15) is 16.8 Å². The second-order valence-electron chi connectivity index (χ2n) is 4.88. The smallest absolute Gasteiger partial charge is 0.211 e. The molecule has 1 saturated heterocycles. The van der Waals surface area contributed by atoms with Crippen LogP contribution in [0.15, 0.2) is 0 Å². The van der Waals surface area contributed by atoms with Crippen molar-refractivity contribution < 1.29 is 8.42 Å². The van der Waals surface area contributed by atoms with E-state index in [4.69, 9.17) is 11.6 Å². The summed E-state index contributed by atoms with van der Waals surface area (Å²) in [6, 6.07) is 0. The van der Waals surface area contributed by atoms with Crippen LogP contribution in [0, 0.1) is 6.92 Å². The molecule has 0 saturated carbocycles. The lowest BCUT2D eigenvalue weighted by Crippen LogP contribution is -2.48. The minimum Gasteiger partial charge on any atom is -0.354 e. The van der Waals surface area contributed by atoms with Crippen LogP contribution in [0.2, 0.25) is 5.15 Å². The number of nitrogens with zero attached hydrogens (tertiary/aromatic N) is 4. The molecule has 0 radical (unpaired) electrons. The Bertz CT molecular complexity index is 598. The van der Waals surface area contributed by atoms with Gasteiger partial charge < -0.3 is 4.90 Å². The van der Waals surface area contributed by atoms with Gasteiger partial charge >= 0.3 is 0 Å². The molecular formula is C12H19ClN4O2S. The highest BCUT2D eigenvalue weighted by Crippen LogP contribution is 2.24. The maximum atomic E-state index is 11.5. The molecule has 1 aliphatic heterocycles. The van der Waals surface area contributed by atoms with Crippen LogP contribution < -0.4 is 4.90 Å². The van der Waals surface area contributed by atoms with E-state index in [1.54, 1.807) is 0 Å². The van der Waals surface area contributed by atoms with Gasteiger partial charge in [-0.3, -0.25) is 0 Å². The Labute approximate surface area is 124 Å². The van der Waals surface area contributed by atoms with Gasteiger partial charge in [-0.15, -0.1) is 0 Å². The molecule has 0 bridgehead atoms. The predicted octanol–water partition coefficient (Wildman–Crippen LogP) is 1.08. The SMILES string of the molecule is CCc1nc(Cl)c(C)c(N2CCN(S(C)(=O)=O)CC2)n1. The normalized spacial score (nSPS) is 17.5. The summed E-state index contributed by atoms with van der Waals surface area (Å²) < 4.78 is 24.5. The molecule has 0 aromatic carbocycles. The largest absolute Gasteiger partial charge is 0.354 e. The molecule has 2 rings (SSSR count). The lowest BCUT2D eigenvalue weighted by molar-refractivity contribution is 0.386. The van der Waals surface area contributed by atoms with Gasteiger partial charge in [-0.05, 0) is 6.92 Å². The second-order valence-corrected chi connectivity index (χ2v) is 7.22. The lowest BCUT2D eigenvalue weighted by atomic mass is 10.2. The third-order valence-corrected chi connectivity index (χ3v) is 5.10. The molecule has 2 heterocycles. The van der Waals surface area contributed by atoms with E-state index in [-0.39, 0.29) is 0 Å². The zero-order valence-electron chi connectivity index (χ0n) is 11.9. The highest BCUT2D eigenvalue weighted by atomic mass is 35.5. The van der Waals surface area contributed by atoms with E-state index in [2.05, 4.69) is 14.9 Å². The van der Waals surface area contributed by atoms with Crippen LogP contribution in [-0.2, 0) is 16.4 Å². The molecule has 0 spiro atoms. The lowest BCUT2D eigenvalue weighted by Gasteiger charge is -2.34. The highest BCUT2D eigenvalue weighted by Gasteiger charge is 2.25. The summed E-state index contributed by atoms with van der Waals surface area (Å²) in [6.07, 6.45) is 1.96. The van der Waals surface area contributed by atoms with Gasteiger partial charge in [-0.2, -0.15) is 4.31 Å². The number of aryl methyl sites for hydroxylation is 1. The van der Waals surface area contributed by atoms with E-state index < -0.39 is 10.0 Å². The van der Waals surface area contributed by atoms with Crippen LogP contribution in [0.4, 0.5) is 5.82 Å². The fourth-order valence-corrected chi connectivity index (χ4v) is 3.23. The number of sulfonamides is 1. The number of anilines is 1. The average Bonchev–Trinajstić information content (AvgIpc) is 2.41. The topological polar surface area (TPSA) is 66.4 Å². The molecule has 1 aliphatic rings. The van der Waals surface area contributed by atoms with Crippen LogP contribution in [-0.4, -0.2) is 55.1 Å². The fraction of sp³-hybridized carbons (Fsp3) is 0.667. The Balaban J connectivity index is 2.21. The van der Waals surface area contributed by atoms with Crippen molar-refractivity contribution >= 4 is 27.4 Å². The predicted molar refractivity (Wildman–Crippen MR) is 79.8 cm³/mol. The van der Waals surface area contributed by atoms with Crippen molar-refractivity contribution in [3.05, 3.63) is 16.5 Å². The zero-order chi connectivity index (χ0) is 14.9. The van der Waals surface area contributed by atoms with Crippen molar-refractivity contribution in [2.75, 3.05) is 37.3 Å². The summed E-state index contributed by atoms with van der Waals surface area (Å²) in [4.78, 5) is 10.8. The van der Waals surface area contributed by atoms with E-state index in [1.807, 2.05) is 13.8 Å². The van der Waals surface area contributed by atoms with E-state index in [0.717, 1.165) is 17.8 Å². The van der Waals surface area contributed by atoms with Gasteiger partial charge in [0.25, 0.3) is 0 Å². The first-order valence-corrected chi connectivity index (χ1v) is 8.78. The van der Waals surface area contributed by atoms with Crippen LogP contribution in [0.25, 0.3) is 0 Å². The van der Waals surface area contributed by atoms with Gasteiger partial charge in [0.05, 0.1) is 6.26 Å². The first-order valence-electron chi connectivity index (χ1n) is 6.56. The molecule has 0 unspecified atom stereocenters. The summed E-state index contributed by atoms with van der Waals surface area (Å²) in [7, 11) is -3.11. The van der Waals surface area contributed by atoms with Crippen molar-refractivity contribution in [3.63, 3.8) is 0 Å². The van der Waals surface area contributed by atoms with Crippen LogP contribution >= 0.6 is 11.6 Å². The Kier molecular flexibility index (Phi) is 4.51. The molecule has 0 amide bonds. The Morgan fingerprint density at radius 1 is 1.20 bits per heavy atom. The molecule has 1 aromatic heterocycles. The molecule has 112 valence electrons. The van der Waals surface area contributed by atoms with E-state index in [1.165, 1.54) is 10.6 Å². The van der Waals surface area contributed by atoms with Crippen molar-refractivity contribution in [2.45, 2.75) is 20.3 Å². The Morgan fingerprint density at radius 3 is 2.30 bits per heavy atom. The number of piperazine rings is 1. The van der Waals surface area contributed by atoms with Crippen molar-refractivity contribution in [3.8, 4) is 0 Å². The summed E-state index contributed by atoms with van der Waals surface area (Å²) >= 11 is 6.13. The van der Waals surface area contributed by atoms with Gasteiger partial charge in [0.2, 0.25) is 10.0 Å². The van der Waals surface area contributed by atoms with Crippen LogP contribution in [0.5, 0.6) is 0 Å². The molecular weight excluding hydrogens is 300 g/mol. The average molecular weight is 319 g/mol. The first kappa shape index (κ1) is 15.5. The number of aromatic nitrogens is 2. The van der Waals surface area contributed by atoms with Gasteiger partial charge in [-0.1, -0.05) is 18.5 Å². The molecule has 8 heteroatoms. The maximum Gasteiger partial charge on any atom is 0.211 e. The van der Waals surface area contributed by atoms with Crippen LogP contribution in [0.3, 0.4) is 0 Å². The Hall–Kier alpha value is -0.920. The highest BCUT2D eigenvalue weighted by molar-refractivity contribution is 7.88.